The molecule has 0 unspecified atom stereocenters. The van der Waals surface area contributed by atoms with Crippen molar-refractivity contribution in [3.63, 3.8) is 0 Å². The van der Waals surface area contributed by atoms with Crippen LogP contribution in [0.3, 0.4) is 0 Å². The molecule has 3 heteroatoms. The highest BCUT2D eigenvalue weighted by Crippen LogP contribution is 2.23. The summed E-state index contributed by atoms with van der Waals surface area (Å²) in [5.41, 5.74) is 3.35. The third-order valence-electron chi connectivity index (χ3n) is 3.23. The number of rotatable bonds is 6. The highest BCUT2D eigenvalue weighted by molar-refractivity contribution is 5.86. The van der Waals surface area contributed by atoms with Gasteiger partial charge in [-0.1, -0.05) is 30.3 Å². The lowest BCUT2D eigenvalue weighted by Gasteiger charge is -2.09. The molecule has 2 aromatic carbocycles. The summed E-state index contributed by atoms with van der Waals surface area (Å²) in [4.78, 5) is 4.06. The van der Waals surface area contributed by atoms with Gasteiger partial charge in [0.1, 0.15) is 0 Å². The van der Waals surface area contributed by atoms with Gasteiger partial charge in [-0.15, -0.1) is 0 Å². The van der Waals surface area contributed by atoms with Crippen LogP contribution in [0.4, 0.5) is 0 Å². The number of nitrogens with zero attached hydrogens (tertiary/aromatic N) is 1. The van der Waals surface area contributed by atoms with Crippen LogP contribution in [0.1, 0.15) is 11.1 Å². The van der Waals surface area contributed by atoms with Gasteiger partial charge in [0.05, 0.1) is 12.3 Å². The van der Waals surface area contributed by atoms with E-state index >= 15 is 0 Å². The van der Waals surface area contributed by atoms with Gasteiger partial charge in [-0.3, -0.25) is 4.99 Å². The first-order chi connectivity index (χ1) is 9.78. The average Bonchev–Trinajstić information content (AvgIpc) is 2.47. The number of hydrogen-bond acceptors (Lipinski definition) is 3. The minimum atomic E-state index is 0.628. The van der Waals surface area contributed by atoms with Crippen LogP contribution in [-0.4, -0.2) is 20.9 Å². The Balaban J connectivity index is 2.43. The van der Waals surface area contributed by atoms with E-state index in [1.54, 1.807) is 7.11 Å². The van der Waals surface area contributed by atoms with Crippen LogP contribution in [-0.2, 0) is 17.8 Å². The highest BCUT2D eigenvalue weighted by Gasteiger charge is 2.04. The van der Waals surface area contributed by atoms with Crippen molar-refractivity contribution < 1.29 is 4.74 Å². The van der Waals surface area contributed by atoms with Gasteiger partial charge in [-0.05, 0) is 34.7 Å². The van der Waals surface area contributed by atoms with E-state index in [4.69, 9.17) is 4.74 Å². The Morgan fingerprint density at radius 2 is 2.20 bits per heavy atom. The van der Waals surface area contributed by atoms with E-state index in [0.717, 1.165) is 12.1 Å². The predicted molar refractivity (Wildman–Crippen MR) is 85.1 cm³/mol. The molecule has 0 spiro atoms. The maximum Gasteiger partial charge on any atom is 0.0713 e. The van der Waals surface area contributed by atoms with Crippen LogP contribution in [0.5, 0.6) is 0 Å². The van der Waals surface area contributed by atoms with Gasteiger partial charge in [-0.2, -0.15) is 0 Å². The number of fused-ring (bicyclic) bond motifs is 1. The second-order valence-corrected chi connectivity index (χ2v) is 4.66. The zero-order valence-electron chi connectivity index (χ0n) is 12.0. The van der Waals surface area contributed by atoms with Gasteiger partial charge in [0.2, 0.25) is 0 Å². The molecule has 2 aromatic rings. The molecule has 0 atom stereocenters. The molecule has 2 rings (SSSR count). The maximum atomic E-state index is 5.21. The zero-order valence-corrected chi connectivity index (χ0v) is 12.0. The maximum absolute atomic E-state index is 5.21. The molecule has 104 valence electrons. The van der Waals surface area contributed by atoms with E-state index < -0.39 is 0 Å². The number of benzene rings is 2. The van der Waals surface area contributed by atoms with Crippen molar-refractivity contribution in [2.24, 2.45) is 4.99 Å². The van der Waals surface area contributed by atoms with E-state index in [1.165, 1.54) is 21.9 Å². The Hall–Kier alpha value is -2.13. The van der Waals surface area contributed by atoms with Crippen molar-refractivity contribution >= 4 is 17.5 Å². The first kappa shape index (κ1) is 14.3. The number of methoxy groups -OCH3 is 1. The number of allylic oxidation sites excluding steroid dienone is 1. The normalized spacial score (nSPS) is 11.6. The summed E-state index contributed by atoms with van der Waals surface area (Å²) in [6.07, 6.45) is 2.64. The SMILES string of the molecule is C=N/C(=C\NC)Cc1cccc2ccc(COC)cc12. The third kappa shape index (κ3) is 3.25. The van der Waals surface area contributed by atoms with Crippen molar-refractivity contribution in [3.05, 3.63) is 59.4 Å². The van der Waals surface area contributed by atoms with E-state index in [-0.39, 0.29) is 0 Å². The first-order valence-electron chi connectivity index (χ1n) is 6.61. The van der Waals surface area contributed by atoms with Crippen LogP contribution in [0, 0.1) is 0 Å². The second-order valence-electron chi connectivity index (χ2n) is 4.66. The monoisotopic (exact) mass is 268 g/mol. The van der Waals surface area contributed by atoms with Crippen molar-refractivity contribution in [1.82, 2.24) is 5.32 Å². The number of nitrogens with one attached hydrogen (secondary N) is 1. The summed E-state index contributed by atoms with van der Waals surface area (Å²) in [6, 6.07) is 12.8. The topological polar surface area (TPSA) is 33.6 Å². The Morgan fingerprint density at radius 3 is 2.90 bits per heavy atom. The van der Waals surface area contributed by atoms with Crippen LogP contribution < -0.4 is 5.32 Å². The fraction of sp³-hybridized carbons (Fsp3) is 0.235. The first-order valence-corrected chi connectivity index (χ1v) is 6.61. The molecule has 0 heterocycles. The van der Waals surface area contributed by atoms with Gasteiger partial charge in [0.25, 0.3) is 0 Å². The minimum Gasteiger partial charge on any atom is -0.393 e. The molecule has 20 heavy (non-hydrogen) atoms. The van der Waals surface area contributed by atoms with Crippen LogP contribution in [0.25, 0.3) is 10.8 Å². The lowest BCUT2D eigenvalue weighted by molar-refractivity contribution is 0.185. The molecule has 0 fully saturated rings. The molecule has 0 aliphatic rings. The third-order valence-corrected chi connectivity index (χ3v) is 3.23. The van der Waals surface area contributed by atoms with Crippen molar-refractivity contribution in [3.8, 4) is 0 Å². The lowest BCUT2D eigenvalue weighted by Crippen LogP contribution is -1.98. The molecule has 0 aromatic heterocycles. The van der Waals surface area contributed by atoms with E-state index in [1.807, 2.05) is 13.2 Å². The molecule has 0 aliphatic heterocycles. The standard InChI is InChI=1S/C17H20N2O/c1-18-11-16(19-2)10-15-6-4-5-14-8-7-13(12-20-3)9-17(14)15/h4-9,11,18H,2,10,12H2,1,3H3/b16-11-. The molecule has 0 amide bonds. The summed E-state index contributed by atoms with van der Waals surface area (Å²) in [6.45, 7) is 4.25. The Labute approximate surface area is 120 Å². The lowest BCUT2D eigenvalue weighted by atomic mass is 9.99. The van der Waals surface area contributed by atoms with E-state index in [0.29, 0.717) is 6.61 Å². The fourth-order valence-electron chi connectivity index (χ4n) is 2.31. The molecule has 0 saturated carbocycles. The minimum absolute atomic E-state index is 0.628. The zero-order chi connectivity index (χ0) is 14.4. The van der Waals surface area contributed by atoms with Crippen molar-refractivity contribution in [1.29, 1.82) is 0 Å². The smallest absolute Gasteiger partial charge is 0.0713 e. The molecule has 0 radical (unpaired) electrons. The average molecular weight is 268 g/mol. The number of hydrogen-bond donors (Lipinski definition) is 1. The molecule has 0 bridgehead atoms. The van der Waals surface area contributed by atoms with E-state index in [9.17, 15) is 0 Å². The molecule has 0 saturated heterocycles. The summed E-state index contributed by atoms with van der Waals surface area (Å²) in [7, 11) is 3.58. The van der Waals surface area contributed by atoms with Crippen molar-refractivity contribution in [2.75, 3.05) is 14.2 Å². The fourth-order valence-corrected chi connectivity index (χ4v) is 2.31. The quantitative estimate of drug-likeness (QED) is 0.816. The highest BCUT2D eigenvalue weighted by atomic mass is 16.5. The number of aliphatic imine (C=N–C) groups is 1. The summed E-state index contributed by atoms with van der Waals surface area (Å²) < 4.78 is 5.21. The molecule has 1 N–H and O–H groups in total. The van der Waals surface area contributed by atoms with Crippen LogP contribution >= 0.6 is 0 Å². The van der Waals surface area contributed by atoms with Gasteiger partial charge < -0.3 is 10.1 Å². The van der Waals surface area contributed by atoms with Crippen LogP contribution in [0.15, 0.2) is 53.3 Å². The Morgan fingerprint density at radius 1 is 1.35 bits per heavy atom. The molecular weight excluding hydrogens is 248 g/mol. The summed E-state index contributed by atoms with van der Waals surface area (Å²) in [5.74, 6) is 0. The second kappa shape index (κ2) is 6.87. The number of ether oxygens (including phenoxy) is 1. The molecule has 3 nitrogen and oxygen atoms in total. The van der Waals surface area contributed by atoms with Gasteiger partial charge in [-0.25, -0.2) is 0 Å². The summed E-state index contributed by atoms with van der Waals surface area (Å²) >= 11 is 0. The molecule has 0 aliphatic carbocycles. The van der Waals surface area contributed by atoms with Gasteiger partial charge in [0.15, 0.2) is 0 Å². The molecular formula is C17H20N2O. The predicted octanol–water partition coefficient (Wildman–Crippen LogP) is 3.29. The van der Waals surface area contributed by atoms with Gasteiger partial charge in [0, 0.05) is 26.8 Å². The van der Waals surface area contributed by atoms with E-state index in [2.05, 4.69) is 53.4 Å². The largest absolute Gasteiger partial charge is 0.393 e. The summed E-state index contributed by atoms with van der Waals surface area (Å²) in [5, 5.41) is 5.48. The van der Waals surface area contributed by atoms with Crippen molar-refractivity contribution in [2.45, 2.75) is 13.0 Å². The van der Waals surface area contributed by atoms with Gasteiger partial charge >= 0.3 is 0 Å². The van der Waals surface area contributed by atoms with Crippen LogP contribution in [0.2, 0.25) is 0 Å². The Bertz CT molecular complexity index is 632. The Kier molecular flexibility index (Phi) is 4.91.